The predicted molar refractivity (Wildman–Crippen MR) is 116 cm³/mol. The number of benzene rings is 3. The zero-order valence-electron chi connectivity index (χ0n) is 17.0. The Kier molecular flexibility index (Phi) is 7.26. The van der Waals surface area contributed by atoms with Crippen molar-refractivity contribution in [1.29, 1.82) is 0 Å². The zero-order valence-corrected chi connectivity index (χ0v) is 19.4. The number of rotatable bonds is 4. The van der Waals surface area contributed by atoms with E-state index >= 15 is 0 Å². The molecular formula is C27H24F2Zr. The third-order valence-electron chi connectivity index (χ3n) is 5.96. The van der Waals surface area contributed by atoms with Crippen LogP contribution in [0.4, 0.5) is 0 Å². The van der Waals surface area contributed by atoms with E-state index in [0.29, 0.717) is 3.63 Å². The summed E-state index contributed by atoms with van der Waals surface area (Å²) in [6.07, 6.45) is 7.17. The van der Waals surface area contributed by atoms with Gasteiger partial charge in [0.25, 0.3) is 0 Å². The molecule has 0 amide bonds. The van der Waals surface area contributed by atoms with Gasteiger partial charge in [-0.25, -0.2) is 0 Å². The molecule has 30 heavy (non-hydrogen) atoms. The number of hydrogen-bond donors (Lipinski definition) is 0. The number of allylic oxidation sites excluding steroid dienone is 4. The minimum absolute atomic E-state index is 0. The van der Waals surface area contributed by atoms with Crippen molar-refractivity contribution in [2.75, 3.05) is 0 Å². The van der Waals surface area contributed by atoms with Crippen molar-refractivity contribution in [2.24, 2.45) is 0 Å². The third kappa shape index (κ3) is 4.14. The molecule has 0 radical (unpaired) electrons. The Labute approximate surface area is 184 Å². The Bertz CT molecular complexity index is 1080. The molecule has 5 rings (SSSR count). The quantitative estimate of drug-likeness (QED) is 0.518. The summed E-state index contributed by atoms with van der Waals surface area (Å²) in [5.74, 6) is 0. The molecule has 0 saturated heterocycles. The molecule has 0 unspecified atom stereocenters. The second-order valence-electron chi connectivity index (χ2n) is 7.78. The van der Waals surface area contributed by atoms with Crippen LogP contribution in [-0.4, -0.2) is 3.71 Å². The van der Waals surface area contributed by atoms with E-state index in [-0.39, 0.29) is 9.41 Å². The summed E-state index contributed by atoms with van der Waals surface area (Å²) >= 11 is -2.07. The van der Waals surface area contributed by atoms with E-state index in [2.05, 4.69) is 102 Å². The van der Waals surface area contributed by atoms with Crippen LogP contribution in [0, 0.1) is 0 Å². The standard InChI is InChI=1S/C13H9.C8H8.C6H7.2FH.Zr/c1-3-7-12-10(5-1)9-11-6-2-4-8-13(11)12;1-2-8-6-4-3-5-7-8;1-6-4-2-3-5-6;;;/h1-9H;1,3-7H,2H2;4-5H,2H2,1H3;2*1H;/q;;;;;+2/p-2. The van der Waals surface area contributed by atoms with Gasteiger partial charge in [0.2, 0.25) is 0 Å². The van der Waals surface area contributed by atoms with E-state index < -0.39 is 21.3 Å². The van der Waals surface area contributed by atoms with E-state index in [9.17, 15) is 0 Å². The maximum atomic E-state index is 2.75. The molecule has 2 aliphatic carbocycles. The van der Waals surface area contributed by atoms with Gasteiger partial charge in [0.1, 0.15) is 0 Å². The zero-order chi connectivity index (χ0) is 18.9. The van der Waals surface area contributed by atoms with Crippen LogP contribution in [0.15, 0.2) is 99.9 Å². The number of fused-ring (bicyclic) bond motifs is 3. The van der Waals surface area contributed by atoms with Crippen LogP contribution in [0.25, 0.3) is 11.1 Å². The second-order valence-corrected chi connectivity index (χ2v) is 14.0. The summed E-state index contributed by atoms with van der Waals surface area (Å²) in [4.78, 5) is 0. The molecule has 3 aromatic rings. The molecule has 0 N–H and O–H groups in total. The topological polar surface area (TPSA) is 0 Å². The van der Waals surface area contributed by atoms with Crippen LogP contribution < -0.4 is 9.41 Å². The second kappa shape index (κ2) is 9.71. The van der Waals surface area contributed by atoms with Crippen LogP contribution in [0.1, 0.15) is 33.7 Å². The smallest absolute Gasteiger partial charge is 1.00 e. The van der Waals surface area contributed by atoms with E-state index in [0.717, 1.165) is 12.8 Å². The summed E-state index contributed by atoms with van der Waals surface area (Å²) < 4.78 is 5.09. The Morgan fingerprint density at radius 2 is 1.37 bits per heavy atom. The summed E-state index contributed by atoms with van der Waals surface area (Å²) in [6.45, 7) is 2.25. The van der Waals surface area contributed by atoms with Crippen LogP contribution >= 0.6 is 0 Å². The van der Waals surface area contributed by atoms with Crippen LogP contribution in [-0.2, 0) is 27.7 Å². The summed E-state index contributed by atoms with van der Waals surface area (Å²) in [7, 11) is 0. The average Bonchev–Trinajstić information content (AvgIpc) is 3.31. The normalized spacial score (nSPS) is 14.2. The van der Waals surface area contributed by atoms with E-state index in [4.69, 9.17) is 0 Å². The Morgan fingerprint density at radius 3 is 1.93 bits per heavy atom. The molecular weight excluding hydrogens is 454 g/mol. The first kappa shape index (κ1) is 22.4. The largest absolute Gasteiger partial charge is 1.00 e. The molecule has 0 aromatic heterocycles. The third-order valence-corrected chi connectivity index (χ3v) is 13.3. The Hall–Kier alpha value is -2.25. The van der Waals surface area contributed by atoms with Crippen molar-refractivity contribution in [2.45, 2.75) is 23.4 Å². The maximum absolute atomic E-state index is 2.75. The first-order valence-electron chi connectivity index (χ1n) is 10.1. The van der Waals surface area contributed by atoms with Gasteiger partial charge in [0, 0.05) is 0 Å². The summed E-state index contributed by atoms with van der Waals surface area (Å²) in [5, 5.41) is 0. The molecule has 3 aromatic carbocycles. The van der Waals surface area contributed by atoms with E-state index in [1.807, 2.05) is 0 Å². The SMILES string of the molecule is CC1=CC[C](/[Zr+2](=[CH]\Cc2ccccc2)[CH]2c3ccccc3-c3ccccc32)=C1.[F-].[F-]. The monoisotopic (exact) mass is 476 g/mol. The van der Waals surface area contributed by atoms with Gasteiger partial charge in [-0.15, -0.1) is 0 Å². The van der Waals surface area contributed by atoms with Gasteiger partial charge in [-0.2, -0.15) is 0 Å². The van der Waals surface area contributed by atoms with Gasteiger partial charge in [-0.1, -0.05) is 0 Å². The van der Waals surface area contributed by atoms with Gasteiger partial charge in [-0.3, -0.25) is 0 Å². The molecule has 0 bridgehead atoms. The molecule has 0 aliphatic heterocycles. The van der Waals surface area contributed by atoms with Crippen LogP contribution in [0.2, 0.25) is 0 Å². The molecule has 0 atom stereocenters. The van der Waals surface area contributed by atoms with Gasteiger partial charge >= 0.3 is 176 Å². The van der Waals surface area contributed by atoms with Gasteiger partial charge in [0.15, 0.2) is 0 Å². The average molecular weight is 478 g/mol. The van der Waals surface area contributed by atoms with E-state index in [1.54, 1.807) is 14.4 Å². The molecule has 0 saturated carbocycles. The summed E-state index contributed by atoms with van der Waals surface area (Å²) in [6, 6.07) is 29.2. The molecule has 150 valence electrons. The van der Waals surface area contributed by atoms with Crippen molar-refractivity contribution in [1.82, 2.24) is 0 Å². The molecule has 0 heterocycles. The van der Waals surface area contributed by atoms with Crippen LogP contribution in [0.5, 0.6) is 0 Å². The minimum atomic E-state index is -2.07. The minimum Gasteiger partial charge on any atom is -1.00 e. The fraction of sp³-hybridized carbons (Fsp3) is 0.148. The molecule has 0 spiro atoms. The van der Waals surface area contributed by atoms with E-state index in [1.165, 1.54) is 22.3 Å². The number of hydrogen-bond acceptors (Lipinski definition) is 0. The number of halogens is 2. The van der Waals surface area contributed by atoms with Gasteiger partial charge in [0.05, 0.1) is 0 Å². The van der Waals surface area contributed by atoms with Gasteiger partial charge < -0.3 is 9.41 Å². The Balaban J connectivity index is 0.00000128. The molecule has 3 heteroatoms. The first-order valence-corrected chi connectivity index (χ1v) is 14.2. The summed E-state index contributed by atoms with van der Waals surface area (Å²) in [5.41, 5.74) is 8.92. The predicted octanol–water partition coefficient (Wildman–Crippen LogP) is 0.661. The van der Waals surface area contributed by atoms with Crippen LogP contribution in [0.3, 0.4) is 0 Å². The van der Waals surface area contributed by atoms with Crippen molar-refractivity contribution in [3.05, 3.63) is 117 Å². The van der Waals surface area contributed by atoms with Crippen molar-refractivity contribution in [3.63, 3.8) is 0 Å². The Morgan fingerprint density at radius 1 is 0.800 bits per heavy atom. The van der Waals surface area contributed by atoms with Crippen molar-refractivity contribution >= 4 is 3.71 Å². The first-order chi connectivity index (χ1) is 13.8. The van der Waals surface area contributed by atoms with Crippen molar-refractivity contribution in [3.8, 4) is 11.1 Å². The fourth-order valence-corrected chi connectivity index (χ4v) is 12.6. The van der Waals surface area contributed by atoms with Gasteiger partial charge in [-0.05, 0) is 0 Å². The molecule has 0 fully saturated rings. The van der Waals surface area contributed by atoms with Crippen molar-refractivity contribution < 1.29 is 30.7 Å². The maximum Gasteiger partial charge on any atom is -1.00 e. The fourth-order valence-electron chi connectivity index (χ4n) is 4.63. The molecule has 0 nitrogen and oxygen atoms in total. The molecule has 2 aliphatic rings.